The van der Waals surface area contributed by atoms with Crippen molar-refractivity contribution in [2.75, 3.05) is 18.8 Å². The molecule has 5 nitrogen and oxygen atoms in total. The van der Waals surface area contributed by atoms with Crippen LogP contribution in [0, 0.1) is 0 Å². The number of methoxy groups -OCH3 is 1. The predicted octanol–water partition coefficient (Wildman–Crippen LogP) is 0.961. The number of carbonyl (C=O) groups is 2. The van der Waals surface area contributed by atoms with Gasteiger partial charge in [0.2, 0.25) is 0 Å². The van der Waals surface area contributed by atoms with Crippen molar-refractivity contribution in [1.29, 1.82) is 0 Å². The molecule has 0 N–H and O–H groups in total. The topological polar surface area (TPSA) is 61.8 Å². The largest absolute Gasteiger partial charge is 0.469 e. The van der Waals surface area contributed by atoms with E-state index in [4.69, 9.17) is 9.47 Å². The maximum atomic E-state index is 11.4. The number of thioether (sulfide) groups is 1. The number of hydrogen-bond donors (Lipinski definition) is 0. The Kier molecular flexibility index (Phi) is 5.62. The molecule has 2 atom stereocenters. The van der Waals surface area contributed by atoms with Crippen molar-refractivity contribution < 1.29 is 23.8 Å². The van der Waals surface area contributed by atoms with Gasteiger partial charge in [0.1, 0.15) is 6.10 Å². The van der Waals surface area contributed by atoms with E-state index >= 15 is 0 Å². The molecule has 0 aromatic carbocycles. The van der Waals surface area contributed by atoms with E-state index in [2.05, 4.69) is 4.74 Å². The van der Waals surface area contributed by atoms with Crippen LogP contribution in [0.1, 0.15) is 19.8 Å². The first kappa shape index (κ1) is 13.3. The van der Waals surface area contributed by atoms with Crippen LogP contribution in [0.4, 0.5) is 0 Å². The summed E-state index contributed by atoms with van der Waals surface area (Å²) in [6.45, 7) is 1.67. The third kappa shape index (κ3) is 4.85. The highest BCUT2D eigenvalue weighted by molar-refractivity contribution is 7.99. The molecule has 0 amide bonds. The molecule has 1 fully saturated rings. The lowest BCUT2D eigenvalue weighted by Crippen LogP contribution is -2.23. The smallest absolute Gasteiger partial charge is 0.309 e. The van der Waals surface area contributed by atoms with Crippen LogP contribution in [0.25, 0.3) is 0 Å². The van der Waals surface area contributed by atoms with Gasteiger partial charge in [-0.3, -0.25) is 9.59 Å². The van der Waals surface area contributed by atoms with E-state index in [1.54, 1.807) is 18.7 Å². The fourth-order valence-corrected chi connectivity index (χ4v) is 2.17. The average Bonchev–Trinajstić information content (AvgIpc) is 2.69. The Morgan fingerprint density at radius 1 is 1.50 bits per heavy atom. The molecule has 1 rings (SSSR count). The van der Waals surface area contributed by atoms with E-state index in [1.807, 2.05) is 0 Å². The van der Waals surface area contributed by atoms with Crippen LogP contribution in [0.5, 0.6) is 0 Å². The van der Waals surface area contributed by atoms with Gasteiger partial charge in [0, 0.05) is 5.75 Å². The quantitative estimate of drug-likeness (QED) is 0.675. The number of ether oxygens (including phenoxy) is 3. The summed E-state index contributed by atoms with van der Waals surface area (Å²) in [5.41, 5.74) is 0. The summed E-state index contributed by atoms with van der Waals surface area (Å²) >= 11 is 1.65. The van der Waals surface area contributed by atoms with Gasteiger partial charge in [-0.05, 0) is 6.92 Å². The molecule has 0 bridgehead atoms. The van der Waals surface area contributed by atoms with E-state index < -0.39 is 6.10 Å². The van der Waals surface area contributed by atoms with E-state index in [-0.39, 0.29) is 30.9 Å². The third-order valence-electron chi connectivity index (χ3n) is 2.10. The normalized spacial score (nSPS) is 21.5. The highest BCUT2D eigenvalue weighted by Gasteiger charge is 2.22. The molecule has 0 aromatic heterocycles. The maximum absolute atomic E-state index is 11.4. The molecule has 1 aliphatic rings. The van der Waals surface area contributed by atoms with E-state index in [1.165, 1.54) is 7.11 Å². The molecule has 1 heterocycles. The minimum atomic E-state index is -0.450. The lowest BCUT2D eigenvalue weighted by atomic mass is 10.2. The molecule has 0 aliphatic carbocycles. The highest BCUT2D eigenvalue weighted by Crippen LogP contribution is 2.19. The molecule has 0 saturated carbocycles. The van der Waals surface area contributed by atoms with E-state index in [0.29, 0.717) is 5.94 Å². The second-order valence-corrected chi connectivity index (χ2v) is 4.54. The molecule has 1 aliphatic heterocycles. The Morgan fingerprint density at radius 2 is 2.25 bits per heavy atom. The minimum absolute atomic E-state index is 0.0529. The Bertz CT molecular complexity index is 250. The van der Waals surface area contributed by atoms with Gasteiger partial charge in [-0.25, -0.2) is 0 Å². The molecule has 1 saturated heterocycles. The van der Waals surface area contributed by atoms with Crippen molar-refractivity contribution in [3.05, 3.63) is 0 Å². The van der Waals surface area contributed by atoms with E-state index in [0.717, 1.165) is 5.75 Å². The fourth-order valence-electron chi connectivity index (χ4n) is 1.31. The van der Waals surface area contributed by atoms with Gasteiger partial charge in [0.15, 0.2) is 0 Å². The molecule has 16 heavy (non-hydrogen) atoms. The van der Waals surface area contributed by atoms with Gasteiger partial charge in [-0.2, -0.15) is 0 Å². The van der Waals surface area contributed by atoms with Crippen LogP contribution in [0.3, 0.4) is 0 Å². The summed E-state index contributed by atoms with van der Waals surface area (Å²) in [6, 6.07) is 0. The van der Waals surface area contributed by atoms with Crippen molar-refractivity contribution in [3.63, 3.8) is 0 Å². The van der Waals surface area contributed by atoms with Crippen molar-refractivity contribution in [1.82, 2.24) is 0 Å². The maximum Gasteiger partial charge on any atom is 0.309 e. The van der Waals surface area contributed by atoms with Gasteiger partial charge in [0.25, 0.3) is 0 Å². The van der Waals surface area contributed by atoms with Gasteiger partial charge < -0.3 is 14.2 Å². The number of hydrogen-bond acceptors (Lipinski definition) is 6. The molecule has 2 unspecified atom stereocenters. The van der Waals surface area contributed by atoms with Crippen molar-refractivity contribution in [2.24, 2.45) is 0 Å². The molecule has 0 spiro atoms. The average molecular weight is 248 g/mol. The zero-order valence-corrected chi connectivity index (χ0v) is 10.2. The van der Waals surface area contributed by atoms with Crippen molar-refractivity contribution in [3.8, 4) is 0 Å². The highest BCUT2D eigenvalue weighted by atomic mass is 32.2. The van der Waals surface area contributed by atoms with Crippen LogP contribution < -0.4 is 0 Å². The van der Waals surface area contributed by atoms with Crippen LogP contribution >= 0.6 is 11.8 Å². The van der Waals surface area contributed by atoms with Crippen LogP contribution in [0.2, 0.25) is 0 Å². The molecular formula is C10H16O5S. The lowest BCUT2D eigenvalue weighted by Gasteiger charge is -2.13. The summed E-state index contributed by atoms with van der Waals surface area (Å²) in [7, 11) is 1.31. The predicted molar refractivity (Wildman–Crippen MR) is 59.0 cm³/mol. The first-order valence-electron chi connectivity index (χ1n) is 5.07. The summed E-state index contributed by atoms with van der Waals surface area (Å²) < 4.78 is 14.8. The molecule has 6 heteroatoms. The first-order chi connectivity index (χ1) is 7.61. The number of carbonyl (C=O) groups excluding carboxylic acids is 2. The molecular weight excluding hydrogens is 232 g/mol. The Morgan fingerprint density at radius 3 is 2.81 bits per heavy atom. The Balaban J connectivity index is 2.19. The van der Waals surface area contributed by atoms with Gasteiger partial charge >= 0.3 is 11.9 Å². The molecule has 0 aromatic rings. The lowest BCUT2D eigenvalue weighted by molar-refractivity contribution is -0.154. The molecule has 92 valence electrons. The summed E-state index contributed by atoms with van der Waals surface area (Å²) in [4.78, 5) is 22.3. The van der Waals surface area contributed by atoms with E-state index in [9.17, 15) is 9.59 Å². The third-order valence-corrected chi connectivity index (χ3v) is 3.01. The number of esters is 2. The Labute approximate surface area is 98.8 Å². The standard InChI is InChI=1S/C10H16O5S/c1-7(3-9(11)13-2)15-10(12)4-8-5-16-6-14-8/h7-8H,3-6H2,1-2H3. The summed E-state index contributed by atoms with van der Waals surface area (Å²) in [5, 5.41) is 0. The van der Waals surface area contributed by atoms with Crippen LogP contribution in [-0.2, 0) is 23.8 Å². The second kappa shape index (κ2) is 6.75. The van der Waals surface area contributed by atoms with Gasteiger partial charge in [0.05, 0.1) is 32.0 Å². The second-order valence-electron chi connectivity index (χ2n) is 3.56. The number of rotatable bonds is 5. The SMILES string of the molecule is COC(=O)CC(C)OC(=O)CC1CSCO1. The Hall–Kier alpha value is -0.750. The zero-order chi connectivity index (χ0) is 12.0. The first-order valence-corrected chi connectivity index (χ1v) is 6.23. The van der Waals surface area contributed by atoms with Crippen molar-refractivity contribution >= 4 is 23.7 Å². The summed E-state index contributed by atoms with van der Waals surface area (Å²) in [6.07, 6.45) is -0.169. The monoisotopic (exact) mass is 248 g/mol. The zero-order valence-electron chi connectivity index (χ0n) is 9.43. The summed E-state index contributed by atoms with van der Waals surface area (Å²) in [5.74, 6) is 0.743. The fraction of sp³-hybridized carbons (Fsp3) is 0.800. The van der Waals surface area contributed by atoms with Crippen LogP contribution in [-0.4, -0.2) is 42.9 Å². The van der Waals surface area contributed by atoms with Crippen LogP contribution in [0.15, 0.2) is 0 Å². The van der Waals surface area contributed by atoms with Crippen molar-refractivity contribution in [2.45, 2.75) is 32.0 Å². The minimum Gasteiger partial charge on any atom is -0.469 e. The van der Waals surface area contributed by atoms with Gasteiger partial charge in [-0.1, -0.05) is 0 Å². The van der Waals surface area contributed by atoms with Gasteiger partial charge in [-0.15, -0.1) is 11.8 Å². The molecule has 0 radical (unpaired) electrons.